The summed E-state index contributed by atoms with van der Waals surface area (Å²) in [5.41, 5.74) is 2.64. The number of hydrogen-bond acceptors (Lipinski definition) is 0. The Balaban J connectivity index is 0.000000367. The molecule has 0 aliphatic heterocycles. The maximum absolute atomic E-state index is 4.93. The van der Waals surface area contributed by atoms with Gasteiger partial charge in [-0.05, 0) is 17.0 Å². The van der Waals surface area contributed by atoms with E-state index in [0.717, 1.165) is 0 Å². The SMILES string of the molecule is [CH2-]C1(C2C=Cc3ccccc32)C=CC=C1.[Cl][Zr][Cl]. The van der Waals surface area contributed by atoms with Crippen molar-refractivity contribution in [3.8, 4) is 0 Å². The second-order valence-corrected chi connectivity index (χ2v) is 8.10. The average Bonchev–Trinajstić information content (AvgIpc) is 2.97. The van der Waals surface area contributed by atoms with E-state index < -0.39 is 20.8 Å². The van der Waals surface area contributed by atoms with E-state index >= 15 is 0 Å². The Morgan fingerprint density at radius 1 is 1.11 bits per heavy atom. The van der Waals surface area contributed by atoms with Crippen LogP contribution in [0.3, 0.4) is 0 Å². The minimum atomic E-state index is -0.826. The van der Waals surface area contributed by atoms with Crippen molar-refractivity contribution < 1.29 is 20.8 Å². The number of halogens is 2. The Labute approximate surface area is 127 Å². The number of hydrogen-bond donors (Lipinski definition) is 0. The molecule has 0 spiro atoms. The summed E-state index contributed by atoms with van der Waals surface area (Å²) in [7, 11) is 9.87. The van der Waals surface area contributed by atoms with Gasteiger partial charge in [0, 0.05) is 0 Å². The molecule has 0 aromatic heterocycles. The van der Waals surface area contributed by atoms with Crippen LogP contribution in [-0.4, -0.2) is 0 Å². The van der Waals surface area contributed by atoms with Gasteiger partial charge in [-0.3, -0.25) is 0 Å². The van der Waals surface area contributed by atoms with E-state index in [1.54, 1.807) is 0 Å². The second-order valence-electron chi connectivity index (χ2n) is 4.37. The molecule has 0 saturated carbocycles. The first-order valence-electron chi connectivity index (χ1n) is 5.67. The average molecular weight is 355 g/mol. The van der Waals surface area contributed by atoms with Gasteiger partial charge in [0.1, 0.15) is 0 Å². The zero-order valence-electron chi connectivity index (χ0n) is 9.81. The molecule has 0 saturated heterocycles. The molecule has 1 aromatic carbocycles. The van der Waals surface area contributed by atoms with Gasteiger partial charge in [-0.1, -0.05) is 48.6 Å². The molecule has 1 aromatic rings. The Kier molecular flexibility index (Phi) is 5.07. The van der Waals surface area contributed by atoms with Crippen LogP contribution >= 0.6 is 17.0 Å². The summed E-state index contributed by atoms with van der Waals surface area (Å²) in [6, 6.07) is 8.55. The van der Waals surface area contributed by atoms with Crippen LogP contribution in [-0.2, 0) is 20.8 Å². The predicted octanol–water partition coefficient (Wildman–Crippen LogP) is 5.12. The second kappa shape index (κ2) is 6.37. The molecule has 1 atom stereocenters. The van der Waals surface area contributed by atoms with Gasteiger partial charge in [-0.2, -0.15) is 0 Å². The molecule has 0 nitrogen and oxygen atoms in total. The number of benzene rings is 1. The number of fused-ring (bicyclic) bond motifs is 1. The quantitative estimate of drug-likeness (QED) is 0.614. The van der Waals surface area contributed by atoms with Crippen LogP contribution in [0.4, 0.5) is 0 Å². The third-order valence-corrected chi connectivity index (χ3v) is 3.30. The summed E-state index contributed by atoms with van der Waals surface area (Å²) < 4.78 is 0. The third kappa shape index (κ3) is 2.90. The Bertz CT molecular complexity index is 491. The van der Waals surface area contributed by atoms with E-state index in [0.29, 0.717) is 5.92 Å². The van der Waals surface area contributed by atoms with Crippen LogP contribution in [0.1, 0.15) is 17.0 Å². The van der Waals surface area contributed by atoms with Crippen LogP contribution in [0.15, 0.2) is 54.6 Å². The molecule has 0 N–H and O–H groups in total. The fourth-order valence-electron chi connectivity index (χ4n) is 2.45. The van der Waals surface area contributed by atoms with Crippen molar-refractivity contribution >= 4 is 23.1 Å². The Morgan fingerprint density at radius 2 is 1.72 bits per heavy atom. The van der Waals surface area contributed by atoms with Crippen molar-refractivity contribution in [2.45, 2.75) is 5.92 Å². The first-order chi connectivity index (χ1) is 8.71. The molecule has 92 valence electrons. The summed E-state index contributed by atoms with van der Waals surface area (Å²) >= 11 is -0.826. The topological polar surface area (TPSA) is 0 Å². The fraction of sp³-hybridized carbons (Fsp3) is 0.133. The zero-order valence-corrected chi connectivity index (χ0v) is 13.8. The summed E-state index contributed by atoms with van der Waals surface area (Å²) in [4.78, 5) is 0. The summed E-state index contributed by atoms with van der Waals surface area (Å²) in [6.45, 7) is 4.33. The molecule has 0 bridgehead atoms. The van der Waals surface area contributed by atoms with Crippen LogP contribution in [0.2, 0.25) is 0 Å². The van der Waals surface area contributed by atoms with E-state index in [9.17, 15) is 0 Å². The van der Waals surface area contributed by atoms with Crippen molar-refractivity contribution in [3.63, 3.8) is 0 Å². The zero-order chi connectivity index (χ0) is 13.0. The predicted molar refractivity (Wildman–Crippen MR) is 76.0 cm³/mol. The summed E-state index contributed by atoms with van der Waals surface area (Å²) in [5, 5.41) is 0. The molecular weight excluding hydrogens is 342 g/mol. The van der Waals surface area contributed by atoms with E-state index in [-0.39, 0.29) is 5.41 Å². The maximum atomic E-state index is 4.93. The molecule has 3 rings (SSSR count). The molecule has 0 radical (unpaired) electrons. The van der Waals surface area contributed by atoms with Gasteiger partial charge < -0.3 is 6.92 Å². The summed E-state index contributed by atoms with van der Waals surface area (Å²) in [5.74, 6) is 0.392. The molecule has 0 amide bonds. The first-order valence-corrected chi connectivity index (χ1v) is 12.0. The van der Waals surface area contributed by atoms with Gasteiger partial charge in [-0.15, -0.1) is 17.6 Å². The van der Waals surface area contributed by atoms with Crippen LogP contribution in [0, 0.1) is 12.3 Å². The van der Waals surface area contributed by atoms with Crippen molar-refractivity contribution in [2.24, 2.45) is 5.41 Å². The Hall–Kier alpha value is -0.0969. The standard InChI is InChI=1S/C15H13.2ClH.Zr/c1-15(10-4-5-11-15)14-9-8-12-6-2-3-7-13(12)14;;;/h2-11,14H,1H2;2*1H;/q-1;;;+2/p-2. The Morgan fingerprint density at radius 3 is 2.39 bits per heavy atom. The van der Waals surface area contributed by atoms with Gasteiger partial charge in [-0.25, -0.2) is 0 Å². The van der Waals surface area contributed by atoms with Gasteiger partial charge in [0.15, 0.2) is 0 Å². The normalized spacial score (nSPS) is 21.4. The molecule has 3 heteroatoms. The van der Waals surface area contributed by atoms with Crippen molar-refractivity contribution in [3.05, 3.63) is 72.7 Å². The number of allylic oxidation sites excluding steroid dienone is 5. The summed E-state index contributed by atoms with van der Waals surface area (Å²) in [6.07, 6.45) is 13.0. The molecule has 18 heavy (non-hydrogen) atoms. The molecule has 0 heterocycles. The molecule has 2 aliphatic rings. The number of rotatable bonds is 1. The van der Waals surface area contributed by atoms with E-state index in [1.165, 1.54) is 11.1 Å². The third-order valence-electron chi connectivity index (χ3n) is 3.30. The van der Waals surface area contributed by atoms with Crippen molar-refractivity contribution in [2.75, 3.05) is 0 Å². The fourth-order valence-corrected chi connectivity index (χ4v) is 2.45. The van der Waals surface area contributed by atoms with Crippen molar-refractivity contribution in [1.29, 1.82) is 0 Å². The minimum absolute atomic E-state index is 0.0803. The van der Waals surface area contributed by atoms with Gasteiger partial charge in [0.25, 0.3) is 0 Å². The van der Waals surface area contributed by atoms with E-state index in [1.807, 2.05) is 0 Å². The first kappa shape index (κ1) is 14.3. The van der Waals surface area contributed by atoms with Crippen LogP contribution < -0.4 is 0 Å². The van der Waals surface area contributed by atoms with Gasteiger partial charge in [0.05, 0.1) is 0 Å². The van der Waals surface area contributed by atoms with Gasteiger partial charge in [0.2, 0.25) is 0 Å². The molecule has 2 aliphatic carbocycles. The molecule has 1 unspecified atom stereocenters. The van der Waals surface area contributed by atoms with Crippen LogP contribution in [0.25, 0.3) is 6.08 Å². The molecular formula is C15H13Cl2Zr-. The van der Waals surface area contributed by atoms with E-state index in [2.05, 4.69) is 67.6 Å². The molecule has 0 fully saturated rings. The van der Waals surface area contributed by atoms with Crippen LogP contribution in [0.5, 0.6) is 0 Å². The van der Waals surface area contributed by atoms with E-state index in [4.69, 9.17) is 17.0 Å². The monoisotopic (exact) mass is 353 g/mol. The van der Waals surface area contributed by atoms with Crippen molar-refractivity contribution in [1.82, 2.24) is 0 Å². The van der Waals surface area contributed by atoms with Gasteiger partial charge >= 0.3 is 37.9 Å².